The van der Waals surface area contributed by atoms with E-state index in [1.807, 2.05) is 0 Å². The third kappa shape index (κ3) is 5.86. The number of halogens is 2. The molecule has 0 bridgehead atoms. The van der Waals surface area contributed by atoms with E-state index in [1.165, 1.54) is 19.2 Å². The largest absolute Gasteiger partial charge is 0.466 e. The van der Waals surface area contributed by atoms with Gasteiger partial charge in [-0.3, -0.25) is 14.5 Å². The summed E-state index contributed by atoms with van der Waals surface area (Å²) >= 11 is 6.33. The molecule has 1 aromatic heterocycles. The van der Waals surface area contributed by atoms with Crippen LogP contribution in [0.1, 0.15) is 31.1 Å². The van der Waals surface area contributed by atoms with Crippen molar-refractivity contribution in [3.05, 3.63) is 76.0 Å². The number of hydrogen-bond donors (Lipinski definition) is 1. The third-order valence-electron chi connectivity index (χ3n) is 4.70. The number of carbonyl (C=O) groups excluding carboxylic acids is 1. The highest BCUT2D eigenvalue weighted by atomic mass is 35.5. The van der Waals surface area contributed by atoms with Gasteiger partial charge in [0.2, 0.25) is 0 Å². The molecule has 0 spiro atoms. The zero-order valence-corrected chi connectivity index (χ0v) is 20.0. The summed E-state index contributed by atoms with van der Waals surface area (Å²) in [7, 11) is -2.41. The van der Waals surface area contributed by atoms with Crippen molar-refractivity contribution in [1.82, 2.24) is 10.3 Å². The molecule has 1 unspecified atom stereocenters. The molecule has 1 N–H and O–H groups in total. The topological polar surface area (TPSA) is 99.1 Å². The molecule has 1 atom stereocenters. The fourth-order valence-corrected chi connectivity index (χ4v) is 5.32. The first kappa shape index (κ1) is 25.1. The Labute approximate surface area is 196 Å². The normalized spacial score (nSPS) is 16.3. The van der Waals surface area contributed by atoms with Gasteiger partial charge in [-0.1, -0.05) is 23.7 Å². The van der Waals surface area contributed by atoms with Gasteiger partial charge in [-0.25, -0.2) is 9.18 Å². The van der Waals surface area contributed by atoms with Crippen molar-refractivity contribution in [2.75, 3.05) is 26.5 Å². The smallest absolute Gasteiger partial charge is 0.338 e. The van der Waals surface area contributed by atoms with Crippen molar-refractivity contribution < 1.29 is 27.5 Å². The highest BCUT2D eigenvalue weighted by Crippen LogP contribution is 2.51. The van der Waals surface area contributed by atoms with Gasteiger partial charge >= 0.3 is 13.6 Å². The van der Waals surface area contributed by atoms with Gasteiger partial charge in [0.1, 0.15) is 17.6 Å². The molecule has 2 heterocycles. The molecule has 0 amide bonds. The molecule has 0 aliphatic carbocycles. The van der Waals surface area contributed by atoms with Crippen LogP contribution in [0.25, 0.3) is 0 Å². The second kappa shape index (κ2) is 11.0. The molecule has 33 heavy (non-hydrogen) atoms. The van der Waals surface area contributed by atoms with E-state index in [-0.39, 0.29) is 35.7 Å². The fraction of sp³-hybridized carbons (Fsp3) is 0.318. The molecule has 11 heteroatoms. The molecular formula is C22H24ClFN3O5P. The Hall–Kier alpha value is -2.58. The lowest BCUT2D eigenvalue weighted by Gasteiger charge is -2.29. The van der Waals surface area contributed by atoms with Gasteiger partial charge in [-0.05, 0) is 38.1 Å². The second-order valence-corrected chi connectivity index (χ2v) is 9.34. The molecule has 176 valence electrons. The maximum absolute atomic E-state index is 13.7. The Bertz CT molecular complexity index is 1120. The summed E-state index contributed by atoms with van der Waals surface area (Å²) in [4.78, 5) is 21.8. The Balaban J connectivity index is 2.21. The number of amidine groups is 1. The number of hydrogen-bond acceptors (Lipinski definition) is 8. The van der Waals surface area contributed by atoms with Crippen molar-refractivity contribution in [3.63, 3.8) is 0 Å². The number of rotatable bonds is 9. The monoisotopic (exact) mass is 495 g/mol. The summed E-state index contributed by atoms with van der Waals surface area (Å²) in [5.41, 5.74) is 1.14. The quantitative estimate of drug-likeness (QED) is 0.399. The molecule has 0 fully saturated rings. The van der Waals surface area contributed by atoms with Crippen molar-refractivity contribution >= 4 is 31.0 Å². The molecule has 1 aromatic carbocycles. The van der Waals surface area contributed by atoms with Gasteiger partial charge in [0.25, 0.3) is 0 Å². The Morgan fingerprint density at radius 2 is 1.94 bits per heavy atom. The van der Waals surface area contributed by atoms with Gasteiger partial charge in [0, 0.05) is 22.5 Å². The minimum Gasteiger partial charge on any atom is -0.466 e. The summed E-state index contributed by atoms with van der Waals surface area (Å²) < 4.78 is 42.9. The number of nitrogens with one attached hydrogen (secondary N) is 1. The van der Waals surface area contributed by atoms with E-state index in [2.05, 4.69) is 15.3 Å². The zero-order valence-electron chi connectivity index (χ0n) is 18.4. The summed E-state index contributed by atoms with van der Waals surface area (Å²) in [6.07, 6.45) is 1.34. The Kier molecular flexibility index (Phi) is 8.37. The van der Waals surface area contributed by atoms with Crippen LogP contribution >= 0.6 is 19.2 Å². The predicted molar refractivity (Wildman–Crippen MR) is 123 cm³/mol. The number of benzene rings is 1. The first-order chi connectivity index (χ1) is 15.8. The number of aromatic nitrogens is 1. The number of methoxy groups -OCH3 is 1. The Morgan fingerprint density at radius 3 is 2.52 bits per heavy atom. The van der Waals surface area contributed by atoms with E-state index in [4.69, 9.17) is 25.4 Å². The van der Waals surface area contributed by atoms with Crippen molar-refractivity contribution in [1.29, 1.82) is 0 Å². The van der Waals surface area contributed by atoms with Crippen LogP contribution in [0.3, 0.4) is 0 Å². The highest BCUT2D eigenvalue weighted by Gasteiger charge is 2.37. The lowest BCUT2D eigenvalue weighted by Crippen LogP contribution is -2.36. The van der Waals surface area contributed by atoms with Gasteiger partial charge < -0.3 is 19.1 Å². The molecule has 0 saturated heterocycles. The van der Waals surface area contributed by atoms with Crippen molar-refractivity contribution in [2.45, 2.75) is 19.9 Å². The molecular weight excluding hydrogens is 472 g/mol. The average Bonchev–Trinajstić information content (AvgIpc) is 2.79. The van der Waals surface area contributed by atoms with E-state index in [9.17, 15) is 13.8 Å². The predicted octanol–water partition coefficient (Wildman–Crippen LogP) is 4.66. The Morgan fingerprint density at radius 1 is 1.21 bits per heavy atom. The minimum absolute atomic E-state index is 0.0605. The van der Waals surface area contributed by atoms with E-state index < -0.39 is 25.4 Å². The van der Waals surface area contributed by atoms with Crippen molar-refractivity contribution in [2.24, 2.45) is 4.99 Å². The number of aliphatic imine (C=N–C) groups is 1. The number of allylic oxidation sites excluding steroid dienone is 1. The van der Waals surface area contributed by atoms with Crippen LogP contribution in [0.15, 0.2) is 58.9 Å². The van der Waals surface area contributed by atoms with E-state index in [0.717, 1.165) is 6.07 Å². The van der Waals surface area contributed by atoms with Crippen molar-refractivity contribution in [3.8, 4) is 0 Å². The minimum atomic E-state index is -3.63. The number of carbonyl (C=O) groups is 1. The first-order valence-corrected chi connectivity index (χ1v) is 12.3. The summed E-state index contributed by atoms with van der Waals surface area (Å²) in [6, 6.07) is 8.07. The molecule has 2 aromatic rings. The van der Waals surface area contributed by atoms with Crippen LogP contribution in [0, 0.1) is 5.82 Å². The molecule has 3 rings (SSSR count). The zero-order chi connectivity index (χ0) is 24.0. The lowest BCUT2D eigenvalue weighted by molar-refractivity contribution is -0.136. The maximum Gasteiger partial charge on any atom is 0.338 e. The SMILES string of the molecule is CCOP(=O)(CC1=C(C(=O)OC)C(c2ccc(F)cc2Cl)N=C(c2ccccn2)N1)OCC. The van der Waals surface area contributed by atoms with Gasteiger partial charge in [0.15, 0.2) is 5.84 Å². The molecule has 0 saturated carbocycles. The second-order valence-electron chi connectivity index (χ2n) is 6.87. The van der Waals surface area contributed by atoms with Crippen LogP contribution in [0.2, 0.25) is 5.02 Å². The van der Waals surface area contributed by atoms with Gasteiger partial charge in [-0.2, -0.15) is 0 Å². The molecule has 8 nitrogen and oxygen atoms in total. The van der Waals surface area contributed by atoms with Crippen LogP contribution in [-0.2, 0) is 23.1 Å². The first-order valence-electron chi connectivity index (χ1n) is 10.2. The van der Waals surface area contributed by atoms with Crippen LogP contribution in [-0.4, -0.2) is 43.3 Å². The summed E-state index contributed by atoms with van der Waals surface area (Å²) in [5.74, 6) is -0.943. The average molecular weight is 496 g/mol. The summed E-state index contributed by atoms with van der Waals surface area (Å²) in [6.45, 7) is 3.67. The maximum atomic E-state index is 13.7. The van der Waals surface area contributed by atoms with E-state index >= 15 is 0 Å². The lowest BCUT2D eigenvalue weighted by atomic mass is 9.95. The molecule has 1 aliphatic heterocycles. The van der Waals surface area contributed by atoms with E-state index in [0.29, 0.717) is 17.1 Å². The van der Waals surface area contributed by atoms with Gasteiger partial charge in [0.05, 0.1) is 32.1 Å². The fourth-order valence-electron chi connectivity index (χ4n) is 3.37. The molecule has 0 radical (unpaired) electrons. The van der Waals surface area contributed by atoms with Gasteiger partial charge in [-0.15, -0.1) is 0 Å². The number of pyridine rings is 1. The number of ether oxygens (including phenoxy) is 1. The third-order valence-corrected chi connectivity index (χ3v) is 7.03. The van der Waals surface area contributed by atoms with Crippen LogP contribution in [0.5, 0.6) is 0 Å². The number of nitrogens with zero attached hydrogens (tertiary/aromatic N) is 2. The van der Waals surface area contributed by atoms with Crippen LogP contribution in [0.4, 0.5) is 4.39 Å². The standard InChI is InChI=1S/C22H24ClFN3O5P/c1-4-31-33(29,32-5-2)13-18-19(22(28)30-3)20(15-10-9-14(24)12-16(15)23)27-21(26-18)17-8-6-7-11-25-17/h6-12,20H,4-5,13H2,1-3H3,(H,26,27). The number of esters is 1. The summed E-state index contributed by atoms with van der Waals surface area (Å²) in [5, 5.41) is 3.13. The van der Waals surface area contributed by atoms with E-state index in [1.54, 1.807) is 38.2 Å². The molecule has 1 aliphatic rings. The van der Waals surface area contributed by atoms with Crippen LogP contribution < -0.4 is 5.32 Å². The highest BCUT2D eigenvalue weighted by molar-refractivity contribution is 7.54.